The summed E-state index contributed by atoms with van der Waals surface area (Å²) in [5.74, 6) is -1.40. The van der Waals surface area contributed by atoms with Gasteiger partial charge in [0.1, 0.15) is 5.75 Å². The van der Waals surface area contributed by atoms with E-state index in [-0.39, 0.29) is 30.0 Å². The van der Waals surface area contributed by atoms with Crippen molar-refractivity contribution in [3.8, 4) is 5.75 Å². The van der Waals surface area contributed by atoms with Gasteiger partial charge in [-0.1, -0.05) is 23.4 Å². The van der Waals surface area contributed by atoms with Crippen molar-refractivity contribution in [1.82, 2.24) is 15.0 Å². The van der Waals surface area contributed by atoms with E-state index < -0.39 is 12.3 Å². The summed E-state index contributed by atoms with van der Waals surface area (Å²) in [6.07, 6.45) is -3.73. The number of carbonyl (C=O) groups is 1. The molecule has 0 fully saturated rings. The Labute approximate surface area is 116 Å². The molecule has 0 saturated heterocycles. The van der Waals surface area contributed by atoms with Gasteiger partial charge in [-0.05, 0) is 6.07 Å². The van der Waals surface area contributed by atoms with E-state index in [9.17, 15) is 18.0 Å². The van der Waals surface area contributed by atoms with E-state index in [4.69, 9.17) is 5.11 Å². The molecule has 0 radical (unpaired) electrons. The van der Waals surface area contributed by atoms with Crippen molar-refractivity contribution in [3.63, 3.8) is 0 Å². The first-order valence-corrected chi connectivity index (χ1v) is 5.78. The molecule has 1 aromatic heterocycles. The second-order valence-corrected chi connectivity index (χ2v) is 4.13. The zero-order valence-electron chi connectivity index (χ0n) is 10.5. The van der Waals surface area contributed by atoms with Crippen LogP contribution >= 0.6 is 0 Å². The first kappa shape index (κ1) is 14.8. The van der Waals surface area contributed by atoms with Gasteiger partial charge in [0.2, 0.25) is 0 Å². The van der Waals surface area contributed by atoms with Crippen molar-refractivity contribution in [2.75, 3.05) is 0 Å². The summed E-state index contributed by atoms with van der Waals surface area (Å²) in [5, 5.41) is 15.9. The Morgan fingerprint density at radius 2 is 2.05 bits per heavy atom. The van der Waals surface area contributed by atoms with E-state index in [1.807, 2.05) is 0 Å². The molecule has 0 aliphatic carbocycles. The molecular formula is C12H10F3N3O3. The lowest BCUT2D eigenvalue weighted by Gasteiger charge is -2.12. The van der Waals surface area contributed by atoms with Crippen molar-refractivity contribution in [1.29, 1.82) is 0 Å². The normalized spacial score (nSPS) is 11.4. The molecule has 0 bridgehead atoms. The molecule has 2 rings (SSSR count). The third kappa shape index (κ3) is 4.48. The van der Waals surface area contributed by atoms with E-state index in [0.717, 1.165) is 0 Å². The van der Waals surface area contributed by atoms with E-state index in [1.165, 1.54) is 29.1 Å². The number of para-hydroxylation sites is 1. The lowest BCUT2D eigenvalue weighted by atomic mass is 10.2. The van der Waals surface area contributed by atoms with Gasteiger partial charge in [-0.25, -0.2) is 4.68 Å². The Morgan fingerprint density at radius 1 is 1.33 bits per heavy atom. The van der Waals surface area contributed by atoms with Crippen LogP contribution in [0.2, 0.25) is 0 Å². The van der Waals surface area contributed by atoms with Crippen LogP contribution in [0.3, 0.4) is 0 Å². The molecule has 1 heterocycles. The number of benzene rings is 1. The van der Waals surface area contributed by atoms with Gasteiger partial charge in [0.15, 0.2) is 0 Å². The summed E-state index contributed by atoms with van der Waals surface area (Å²) in [6.45, 7) is -0.0150. The predicted molar refractivity (Wildman–Crippen MR) is 63.6 cm³/mol. The Balaban J connectivity index is 2.16. The van der Waals surface area contributed by atoms with Gasteiger partial charge in [-0.2, -0.15) is 0 Å². The zero-order valence-corrected chi connectivity index (χ0v) is 10.5. The van der Waals surface area contributed by atoms with Gasteiger partial charge in [0, 0.05) is 11.8 Å². The molecule has 9 heteroatoms. The third-order valence-electron chi connectivity index (χ3n) is 2.45. The second kappa shape index (κ2) is 5.81. The number of ether oxygens (including phenoxy) is 1. The Hall–Kier alpha value is -2.58. The molecule has 112 valence electrons. The highest BCUT2D eigenvalue weighted by molar-refractivity contribution is 5.69. The van der Waals surface area contributed by atoms with E-state index in [0.29, 0.717) is 0 Å². The van der Waals surface area contributed by atoms with Crippen LogP contribution in [-0.2, 0) is 17.8 Å². The standard InChI is InChI=1S/C12H10F3N3O3/c13-12(14,15)21-10-4-2-1-3-8(10)6-18-7-9(16-17-18)5-11(19)20/h1-4,7H,5-6H2,(H,19,20). The highest BCUT2D eigenvalue weighted by Crippen LogP contribution is 2.26. The predicted octanol–water partition coefficient (Wildman–Crippen LogP) is 1.85. The number of aliphatic carboxylic acids is 1. The van der Waals surface area contributed by atoms with Crippen LogP contribution < -0.4 is 4.74 Å². The number of nitrogens with zero attached hydrogens (tertiary/aromatic N) is 3. The van der Waals surface area contributed by atoms with Crippen LogP contribution in [0.4, 0.5) is 13.2 Å². The van der Waals surface area contributed by atoms with Crippen LogP contribution in [0, 0.1) is 0 Å². The number of rotatable bonds is 5. The molecule has 21 heavy (non-hydrogen) atoms. The SMILES string of the molecule is O=C(O)Cc1cn(Cc2ccccc2OC(F)(F)F)nn1. The summed E-state index contributed by atoms with van der Waals surface area (Å²) in [4.78, 5) is 10.5. The summed E-state index contributed by atoms with van der Waals surface area (Å²) < 4.78 is 42.0. The monoisotopic (exact) mass is 301 g/mol. The van der Waals surface area contributed by atoms with Crippen LogP contribution in [0.5, 0.6) is 5.75 Å². The van der Waals surface area contributed by atoms with Gasteiger partial charge >= 0.3 is 12.3 Å². The fourth-order valence-corrected chi connectivity index (χ4v) is 1.68. The lowest BCUT2D eigenvalue weighted by molar-refractivity contribution is -0.274. The molecule has 2 aromatic rings. The number of aromatic nitrogens is 3. The average molecular weight is 301 g/mol. The molecule has 0 atom stereocenters. The average Bonchev–Trinajstić information content (AvgIpc) is 2.76. The maximum Gasteiger partial charge on any atom is 0.573 e. The summed E-state index contributed by atoms with van der Waals surface area (Å²) in [6, 6.07) is 5.63. The second-order valence-electron chi connectivity index (χ2n) is 4.13. The summed E-state index contributed by atoms with van der Waals surface area (Å²) in [7, 11) is 0. The molecule has 0 aliphatic rings. The van der Waals surface area contributed by atoms with Crippen molar-refractivity contribution in [2.45, 2.75) is 19.3 Å². The highest BCUT2D eigenvalue weighted by Gasteiger charge is 2.32. The maximum atomic E-state index is 12.3. The van der Waals surface area contributed by atoms with E-state index in [2.05, 4.69) is 15.0 Å². The van der Waals surface area contributed by atoms with Gasteiger partial charge in [0.05, 0.1) is 18.7 Å². The number of hydrogen-bond acceptors (Lipinski definition) is 4. The van der Waals surface area contributed by atoms with Crippen LogP contribution in [0.15, 0.2) is 30.5 Å². The maximum absolute atomic E-state index is 12.3. The largest absolute Gasteiger partial charge is 0.573 e. The van der Waals surface area contributed by atoms with Crippen molar-refractivity contribution >= 4 is 5.97 Å². The molecule has 1 N–H and O–H groups in total. The van der Waals surface area contributed by atoms with E-state index in [1.54, 1.807) is 6.07 Å². The number of carboxylic acids is 1. The first-order chi connectivity index (χ1) is 9.83. The molecular weight excluding hydrogens is 291 g/mol. The van der Waals surface area contributed by atoms with Crippen molar-refractivity contribution in [2.24, 2.45) is 0 Å². The van der Waals surface area contributed by atoms with Crippen LogP contribution in [0.1, 0.15) is 11.3 Å². The highest BCUT2D eigenvalue weighted by atomic mass is 19.4. The molecule has 6 nitrogen and oxygen atoms in total. The fraction of sp³-hybridized carbons (Fsp3) is 0.250. The molecule has 0 aliphatic heterocycles. The van der Waals surface area contributed by atoms with Crippen LogP contribution in [0.25, 0.3) is 0 Å². The Morgan fingerprint density at radius 3 is 2.71 bits per heavy atom. The summed E-state index contributed by atoms with van der Waals surface area (Å²) in [5.41, 5.74) is 0.471. The lowest BCUT2D eigenvalue weighted by Crippen LogP contribution is -2.18. The molecule has 0 unspecified atom stereocenters. The minimum atomic E-state index is -4.78. The molecule has 0 amide bonds. The topological polar surface area (TPSA) is 77.2 Å². The fourth-order valence-electron chi connectivity index (χ4n) is 1.68. The van der Waals surface area contributed by atoms with Crippen LogP contribution in [-0.4, -0.2) is 32.4 Å². The first-order valence-electron chi connectivity index (χ1n) is 5.78. The molecule has 0 spiro atoms. The zero-order chi connectivity index (χ0) is 15.5. The van der Waals surface area contributed by atoms with Gasteiger partial charge in [0.25, 0.3) is 0 Å². The molecule has 1 aromatic carbocycles. The minimum absolute atomic E-state index is 0.0150. The van der Waals surface area contributed by atoms with E-state index >= 15 is 0 Å². The minimum Gasteiger partial charge on any atom is -0.481 e. The quantitative estimate of drug-likeness (QED) is 0.912. The van der Waals surface area contributed by atoms with Crippen molar-refractivity contribution in [3.05, 3.63) is 41.7 Å². The Kier molecular flexibility index (Phi) is 4.10. The summed E-state index contributed by atoms with van der Waals surface area (Å²) >= 11 is 0. The number of hydrogen-bond donors (Lipinski definition) is 1. The van der Waals surface area contributed by atoms with Gasteiger partial charge in [-0.3, -0.25) is 4.79 Å². The number of halogens is 3. The Bertz CT molecular complexity index is 640. The number of carboxylic acid groups (broad SMARTS) is 1. The smallest absolute Gasteiger partial charge is 0.481 e. The number of alkyl halides is 3. The van der Waals surface area contributed by atoms with Gasteiger partial charge < -0.3 is 9.84 Å². The molecule has 0 saturated carbocycles. The van der Waals surface area contributed by atoms with Crippen molar-refractivity contribution < 1.29 is 27.8 Å². The van der Waals surface area contributed by atoms with Gasteiger partial charge in [-0.15, -0.1) is 18.3 Å². The third-order valence-corrected chi connectivity index (χ3v) is 2.45.